The van der Waals surface area contributed by atoms with E-state index in [1.807, 2.05) is 30.3 Å². The number of carbonyl (C=O) groups is 1. The Kier molecular flexibility index (Phi) is 3.21. The third-order valence-electron chi connectivity index (χ3n) is 2.96. The lowest BCUT2D eigenvalue weighted by Gasteiger charge is -2.08. The lowest BCUT2D eigenvalue weighted by molar-refractivity contribution is -0.117. The second-order valence-corrected chi connectivity index (χ2v) is 5.06. The highest BCUT2D eigenvalue weighted by Crippen LogP contribution is 2.23. The summed E-state index contributed by atoms with van der Waals surface area (Å²) in [6.07, 6.45) is 0.873. The van der Waals surface area contributed by atoms with Crippen molar-refractivity contribution >= 4 is 23.5 Å². The van der Waals surface area contributed by atoms with Gasteiger partial charge in [-0.05, 0) is 5.56 Å². The average Bonchev–Trinajstić information content (AvgIpc) is 2.97. The zero-order valence-corrected chi connectivity index (χ0v) is 10.9. The molecule has 1 aromatic carbocycles. The molecule has 0 radical (unpaired) electrons. The highest BCUT2D eigenvalue weighted by molar-refractivity contribution is 6.24. The molecule has 1 aliphatic heterocycles. The first-order valence-corrected chi connectivity index (χ1v) is 6.47. The summed E-state index contributed by atoms with van der Waals surface area (Å²) in [5.74, 6) is 0.418. The molecule has 5 nitrogen and oxygen atoms in total. The van der Waals surface area contributed by atoms with Crippen LogP contribution in [0.4, 0.5) is 6.01 Å². The zero-order chi connectivity index (χ0) is 13.2. The van der Waals surface area contributed by atoms with Crippen molar-refractivity contribution in [2.75, 3.05) is 11.4 Å². The Morgan fingerprint density at radius 3 is 2.79 bits per heavy atom. The lowest BCUT2D eigenvalue weighted by atomic mass is 10.2. The number of nitrogens with zero attached hydrogens (tertiary/aromatic N) is 3. The Balaban J connectivity index is 1.75. The quantitative estimate of drug-likeness (QED) is 0.805. The topological polar surface area (TPSA) is 59.2 Å². The van der Waals surface area contributed by atoms with Gasteiger partial charge in [-0.25, -0.2) is 0 Å². The largest absolute Gasteiger partial charge is 0.407 e. The molecule has 1 aliphatic rings. The molecule has 0 spiro atoms. The first kappa shape index (κ1) is 12.2. The van der Waals surface area contributed by atoms with Crippen LogP contribution < -0.4 is 4.90 Å². The van der Waals surface area contributed by atoms with E-state index in [0.29, 0.717) is 25.3 Å². The van der Waals surface area contributed by atoms with E-state index < -0.39 is 0 Å². The normalized spacial score (nSPS) is 19.1. The summed E-state index contributed by atoms with van der Waals surface area (Å²) in [7, 11) is 0. The van der Waals surface area contributed by atoms with E-state index in [-0.39, 0.29) is 17.3 Å². The minimum atomic E-state index is -0.183. The van der Waals surface area contributed by atoms with Crippen LogP contribution in [0, 0.1) is 0 Å². The molecule has 98 valence electrons. The van der Waals surface area contributed by atoms with E-state index in [1.165, 1.54) is 4.90 Å². The highest BCUT2D eigenvalue weighted by atomic mass is 35.5. The predicted octanol–water partition coefficient (Wildman–Crippen LogP) is 2.00. The van der Waals surface area contributed by atoms with Gasteiger partial charge in [0.15, 0.2) is 0 Å². The standard InChI is InChI=1S/C13H12ClN3O2/c14-10-7-12(18)17(8-10)13-16-15-11(19-13)6-9-4-2-1-3-5-9/h1-5,10H,6-8H2. The van der Waals surface area contributed by atoms with Gasteiger partial charge in [-0.1, -0.05) is 35.4 Å². The van der Waals surface area contributed by atoms with Gasteiger partial charge >= 0.3 is 6.01 Å². The number of rotatable bonds is 3. The maximum absolute atomic E-state index is 11.7. The van der Waals surface area contributed by atoms with E-state index >= 15 is 0 Å². The minimum absolute atomic E-state index is 0.0742. The number of halogens is 1. The second kappa shape index (κ2) is 5.01. The molecule has 19 heavy (non-hydrogen) atoms. The number of alkyl halides is 1. The van der Waals surface area contributed by atoms with Crippen molar-refractivity contribution in [3.63, 3.8) is 0 Å². The molecule has 1 unspecified atom stereocenters. The van der Waals surface area contributed by atoms with Gasteiger partial charge in [-0.2, -0.15) is 0 Å². The molecule has 0 aliphatic carbocycles. The van der Waals surface area contributed by atoms with Crippen molar-refractivity contribution in [1.82, 2.24) is 10.2 Å². The number of amides is 1. The van der Waals surface area contributed by atoms with Gasteiger partial charge in [0, 0.05) is 13.0 Å². The Labute approximate surface area is 115 Å². The SMILES string of the molecule is O=C1CC(Cl)CN1c1nnc(Cc2ccccc2)o1. The van der Waals surface area contributed by atoms with Crippen LogP contribution in [0.2, 0.25) is 0 Å². The van der Waals surface area contributed by atoms with Crippen molar-refractivity contribution in [3.8, 4) is 0 Å². The fraction of sp³-hybridized carbons (Fsp3) is 0.308. The fourth-order valence-corrected chi connectivity index (χ4v) is 2.31. The Morgan fingerprint density at radius 2 is 2.11 bits per heavy atom. The summed E-state index contributed by atoms with van der Waals surface area (Å²) in [6.45, 7) is 0.424. The van der Waals surface area contributed by atoms with Crippen LogP contribution in [0.5, 0.6) is 0 Å². The van der Waals surface area contributed by atoms with E-state index in [0.717, 1.165) is 5.56 Å². The lowest BCUT2D eigenvalue weighted by Crippen LogP contribution is -2.24. The average molecular weight is 278 g/mol. The number of benzene rings is 1. The van der Waals surface area contributed by atoms with Crippen LogP contribution in [0.3, 0.4) is 0 Å². The molecule has 0 saturated carbocycles. The van der Waals surface area contributed by atoms with Crippen molar-refractivity contribution in [2.45, 2.75) is 18.2 Å². The molecule has 6 heteroatoms. The summed E-state index contributed by atoms with van der Waals surface area (Å²) in [4.78, 5) is 13.1. The maximum atomic E-state index is 11.7. The number of aromatic nitrogens is 2. The van der Waals surface area contributed by atoms with Crippen molar-refractivity contribution in [2.24, 2.45) is 0 Å². The molecular formula is C13H12ClN3O2. The first-order valence-electron chi connectivity index (χ1n) is 6.03. The molecular weight excluding hydrogens is 266 g/mol. The van der Waals surface area contributed by atoms with Crippen LogP contribution in [-0.2, 0) is 11.2 Å². The molecule has 1 aromatic heterocycles. The molecule has 2 aromatic rings. The summed E-state index contributed by atoms with van der Waals surface area (Å²) >= 11 is 5.94. The fourth-order valence-electron chi connectivity index (χ4n) is 2.04. The van der Waals surface area contributed by atoms with Crippen molar-refractivity contribution in [1.29, 1.82) is 0 Å². The molecule has 1 atom stereocenters. The van der Waals surface area contributed by atoms with Gasteiger partial charge in [0.2, 0.25) is 11.8 Å². The highest BCUT2D eigenvalue weighted by Gasteiger charge is 2.32. The summed E-state index contributed by atoms with van der Waals surface area (Å²) in [6, 6.07) is 10.1. The number of anilines is 1. The van der Waals surface area contributed by atoms with Crippen LogP contribution in [-0.4, -0.2) is 28.0 Å². The van der Waals surface area contributed by atoms with Gasteiger partial charge in [-0.15, -0.1) is 16.7 Å². The maximum Gasteiger partial charge on any atom is 0.325 e. The molecule has 2 heterocycles. The molecule has 1 saturated heterocycles. The van der Waals surface area contributed by atoms with Gasteiger partial charge < -0.3 is 4.42 Å². The molecule has 0 N–H and O–H groups in total. The van der Waals surface area contributed by atoms with Gasteiger partial charge in [0.25, 0.3) is 0 Å². The summed E-state index contributed by atoms with van der Waals surface area (Å²) in [5.41, 5.74) is 1.08. The predicted molar refractivity (Wildman–Crippen MR) is 70.2 cm³/mol. The Hall–Kier alpha value is -1.88. The van der Waals surface area contributed by atoms with Crippen LogP contribution in [0.25, 0.3) is 0 Å². The van der Waals surface area contributed by atoms with E-state index in [4.69, 9.17) is 16.0 Å². The number of carbonyl (C=O) groups excluding carboxylic acids is 1. The smallest absolute Gasteiger partial charge is 0.325 e. The molecule has 1 fully saturated rings. The van der Waals surface area contributed by atoms with Gasteiger partial charge in [-0.3, -0.25) is 9.69 Å². The number of hydrogen-bond donors (Lipinski definition) is 0. The molecule has 1 amide bonds. The van der Waals surface area contributed by atoms with Crippen LogP contribution >= 0.6 is 11.6 Å². The second-order valence-electron chi connectivity index (χ2n) is 4.45. The minimum Gasteiger partial charge on any atom is -0.407 e. The zero-order valence-electron chi connectivity index (χ0n) is 10.1. The molecule has 0 bridgehead atoms. The van der Waals surface area contributed by atoms with E-state index in [1.54, 1.807) is 0 Å². The molecule has 3 rings (SSSR count). The monoisotopic (exact) mass is 277 g/mol. The first-order chi connectivity index (χ1) is 9.22. The van der Waals surface area contributed by atoms with Gasteiger partial charge in [0.1, 0.15) is 0 Å². The summed E-state index contributed by atoms with van der Waals surface area (Å²) < 4.78 is 5.51. The van der Waals surface area contributed by atoms with Crippen molar-refractivity contribution in [3.05, 3.63) is 41.8 Å². The Morgan fingerprint density at radius 1 is 1.32 bits per heavy atom. The van der Waals surface area contributed by atoms with Crippen LogP contribution in [0.1, 0.15) is 17.9 Å². The van der Waals surface area contributed by atoms with Gasteiger partial charge in [0.05, 0.1) is 11.8 Å². The third kappa shape index (κ3) is 2.61. The summed E-state index contributed by atoms with van der Waals surface area (Å²) in [5, 5.41) is 7.69. The third-order valence-corrected chi connectivity index (χ3v) is 3.26. The van der Waals surface area contributed by atoms with Crippen LogP contribution in [0.15, 0.2) is 34.7 Å². The number of hydrogen-bond acceptors (Lipinski definition) is 4. The van der Waals surface area contributed by atoms with E-state index in [9.17, 15) is 4.79 Å². The van der Waals surface area contributed by atoms with Crippen molar-refractivity contribution < 1.29 is 9.21 Å². The van der Waals surface area contributed by atoms with E-state index in [2.05, 4.69) is 10.2 Å². The Bertz CT molecular complexity index is 585.